The highest BCUT2D eigenvalue weighted by Crippen LogP contribution is 2.32. The van der Waals surface area contributed by atoms with Gasteiger partial charge in [-0.05, 0) is 30.7 Å². The van der Waals surface area contributed by atoms with Crippen LogP contribution in [0, 0.1) is 0 Å². The van der Waals surface area contributed by atoms with E-state index in [2.05, 4.69) is 10.4 Å². The Balaban J connectivity index is 1.66. The van der Waals surface area contributed by atoms with Gasteiger partial charge in [-0.2, -0.15) is 5.10 Å². The molecule has 3 rings (SSSR count). The van der Waals surface area contributed by atoms with Gasteiger partial charge in [0.1, 0.15) is 5.69 Å². The number of nitrogens with zero attached hydrogens (tertiary/aromatic N) is 2. The largest absolute Gasteiger partial charge is 0.454 e. The molecule has 6 heteroatoms. The number of hydrogen-bond donors (Lipinski definition) is 1. The summed E-state index contributed by atoms with van der Waals surface area (Å²) in [5.74, 6) is 1.32. The summed E-state index contributed by atoms with van der Waals surface area (Å²) < 4.78 is 12.2. The summed E-state index contributed by atoms with van der Waals surface area (Å²) in [6.45, 7) is 3.30. The summed E-state index contributed by atoms with van der Waals surface area (Å²) >= 11 is 0. The van der Waals surface area contributed by atoms with Crippen molar-refractivity contribution >= 4 is 5.91 Å². The molecule has 1 aromatic heterocycles. The van der Waals surface area contributed by atoms with Gasteiger partial charge >= 0.3 is 0 Å². The second kappa shape index (κ2) is 5.24. The van der Waals surface area contributed by atoms with Crippen molar-refractivity contribution in [2.24, 2.45) is 0 Å². The number of benzene rings is 1. The molecule has 0 atom stereocenters. The smallest absolute Gasteiger partial charge is 0.269 e. The van der Waals surface area contributed by atoms with Gasteiger partial charge in [0, 0.05) is 19.3 Å². The summed E-state index contributed by atoms with van der Waals surface area (Å²) in [6, 6.07) is 7.34. The first-order valence-electron chi connectivity index (χ1n) is 6.46. The average Bonchev–Trinajstić information content (AvgIpc) is 3.12. The zero-order valence-corrected chi connectivity index (χ0v) is 11.1. The molecule has 104 valence electrons. The third-order valence-corrected chi connectivity index (χ3v) is 3.14. The van der Waals surface area contributed by atoms with Crippen LogP contribution in [-0.2, 0) is 13.1 Å². The van der Waals surface area contributed by atoms with Crippen molar-refractivity contribution in [2.45, 2.75) is 20.0 Å². The minimum absolute atomic E-state index is 0.137. The Bertz CT molecular complexity index is 636. The number of hydrogen-bond acceptors (Lipinski definition) is 4. The molecule has 20 heavy (non-hydrogen) atoms. The first kappa shape index (κ1) is 12.5. The number of carbonyl (C=O) groups is 1. The predicted octanol–water partition coefficient (Wildman–Crippen LogP) is 1.56. The molecular weight excluding hydrogens is 258 g/mol. The highest BCUT2D eigenvalue weighted by atomic mass is 16.7. The van der Waals surface area contributed by atoms with Gasteiger partial charge in [0.05, 0.1) is 0 Å². The van der Waals surface area contributed by atoms with Crippen LogP contribution in [0.1, 0.15) is 23.0 Å². The van der Waals surface area contributed by atoms with Crippen molar-refractivity contribution in [3.8, 4) is 11.5 Å². The zero-order valence-electron chi connectivity index (χ0n) is 11.1. The Hall–Kier alpha value is -2.50. The number of ether oxygens (including phenoxy) is 2. The molecule has 1 aliphatic rings. The van der Waals surface area contributed by atoms with E-state index < -0.39 is 0 Å². The van der Waals surface area contributed by atoms with Gasteiger partial charge in [0.2, 0.25) is 6.79 Å². The molecule has 6 nitrogen and oxygen atoms in total. The maximum Gasteiger partial charge on any atom is 0.269 e. The lowest BCUT2D eigenvalue weighted by Gasteiger charge is -2.07. The molecular formula is C14H15N3O3. The number of rotatable bonds is 4. The lowest BCUT2D eigenvalue weighted by atomic mass is 10.2. The van der Waals surface area contributed by atoms with Gasteiger partial charge in [-0.3, -0.25) is 9.48 Å². The third kappa shape index (κ3) is 2.32. The fourth-order valence-corrected chi connectivity index (χ4v) is 2.10. The molecule has 0 saturated heterocycles. The molecule has 2 aromatic rings. The standard InChI is InChI=1S/C14H15N3O3/c1-2-17-11(5-6-16-17)14(18)15-8-10-3-4-12-13(7-10)20-9-19-12/h3-7H,2,8-9H2,1H3,(H,15,18). The monoisotopic (exact) mass is 273 g/mol. The van der Waals surface area contributed by atoms with Crippen LogP contribution in [0.3, 0.4) is 0 Å². The van der Waals surface area contributed by atoms with E-state index in [9.17, 15) is 4.79 Å². The van der Waals surface area contributed by atoms with Crippen LogP contribution in [0.15, 0.2) is 30.5 Å². The Morgan fingerprint density at radius 1 is 1.35 bits per heavy atom. The van der Waals surface area contributed by atoms with Gasteiger partial charge < -0.3 is 14.8 Å². The number of aryl methyl sites for hydroxylation is 1. The van der Waals surface area contributed by atoms with Gasteiger partial charge in [0.15, 0.2) is 11.5 Å². The van der Waals surface area contributed by atoms with Crippen molar-refractivity contribution in [1.82, 2.24) is 15.1 Å². The van der Waals surface area contributed by atoms with Crippen molar-refractivity contribution in [2.75, 3.05) is 6.79 Å². The first-order valence-corrected chi connectivity index (χ1v) is 6.46. The summed E-state index contributed by atoms with van der Waals surface area (Å²) in [4.78, 5) is 12.1. The van der Waals surface area contributed by atoms with E-state index in [-0.39, 0.29) is 12.7 Å². The van der Waals surface area contributed by atoms with E-state index in [1.165, 1.54) is 0 Å². The van der Waals surface area contributed by atoms with Crippen molar-refractivity contribution in [3.63, 3.8) is 0 Å². The molecule has 0 unspecified atom stereocenters. The molecule has 0 fully saturated rings. The Morgan fingerprint density at radius 3 is 3.05 bits per heavy atom. The molecule has 0 bridgehead atoms. The average molecular weight is 273 g/mol. The highest BCUT2D eigenvalue weighted by molar-refractivity contribution is 5.92. The molecule has 2 heterocycles. The molecule has 1 aliphatic heterocycles. The van der Waals surface area contributed by atoms with Crippen LogP contribution in [0.4, 0.5) is 0 Å². The second-order valence-electron chi connectivity index (χ2n) is 4.40. The molecule has 1 aromatic carbocycles. The van der Waals surface area contributed by atoms with Crippen molar-refractivity contribution in [3.05, 3.63) is 41.7 Å². The number of amides is 1. The van der Waals surface area contributed by atoms with Crippen LogP contribution < -0.4 is 14.8 Å². The van der Waals surface area contributed by atoms with Crippen molar-refractivity contribution in [1.29, 1.82) is 0 Å². The summed E-state index contributed by atoms with van der Waals surface area (Å²) in [6.07, 6.45) is 1.62. The predicted molar refractivity (Wildman–Crippen MR) is 71.6 cm³/mol. The fourth-order valence-electron chi connectivity index (χ4n) is 2.10. The minimum Gasteiger partial charge on any atom is -0.454 e. The van der Waals surface area contributed by atoms with Gasteiger partial charge in [-0.1, -0.05) is 6.07 Å². The topological polar surface area (TPSA) is 65.4 Å². The summed E-state index contributed by atoms with van der Waals surface area (Å²) in [5, 5.41) is 6.95. The SMILES string of the molecule is CCn1nccc1C(=O)NCc1ccc2c(c1)OCO2. The lowest BCUT2D eigenvalue weighted by molar-refractivity contribution is 0.0940. The quantitative estimate of drug-likeness (QED) is 0.918. The number of carbonyl (C=O) groups excluding carboxylic acids is 1. The van der Waals surface area contributed by atoms with Gasteiger partial charge in [0.25, 0.3) is 5.91 Å². The van der Waals surface area contributed by atoms with Gasteiger partial charge in [-0.25, -0.2) is 0 Å². The van der Waals surface area contributed by atoms with Crippen LogP contribution >= 0.6 is 0 Å². The van der Waals surface area contributed by atoms with Crippen molar-refractivity contribution < 1.29 is 14.3 Å². The van der Waals surface area contributed by atoms with Crippen LogP contribution in [0.5, 0.6) is 11.5 Å². The molecule has 0 aliphatic carbocycles. The molecule has 0 spiro atoms. The number of aromatic nitrogens is 2. The molecule has 1 amide bonds. The number of nitrogens with one attached hydrogen (secondary N) is 1. The maximum atomic E-state index is 12.1. The zero-order chi connectivity index (χ0) is 13.9. The fraction of sp³-hybridized carbons (Fsp3) is 0.286. The Labute approximate surface area is 116 Å². The van der Waals surface area contributed by atoms with Gasteiger partial charge in [-0.15, -0.1) is 0 Å². The molecule has 1 N–H and O–H groups in total. The molecule has 0 radical (unpaired) electrons. The normalized spacial score (nSPS) is 12.4. The van der Waals surface area contributed by atoms with E-state index in [0.29, 0.717) is 18.8 Å². The highest BCUT2D eigenvalue weighted by Gasteiger charge is 2.14. The van der Waals surface area contributed by atoms with E-state index in [4.69, 9.17) is 9.47 Å². The van der Waals surface area contributed by atoms with Crippen LogP contribution in [0.25, 0.3) is 0 Å². The Kier molecular flexibility index (Phi) is 3.28. The lowest BCUT2D eigenvalue weighted by Crippen LogP contribution is -2.25. The van der Waals surface area contributed by atoms with Crippen LogP contribution in [0.2, 0.25) is 0 Å². The second-order valence-corrected chi connectivity index (χ2v) is 4.40. The maximum absolute atomic E-state index is 12.1. The first-order chi connectivity index (χ1) is 9.78. The third-order valence-electron chi connectivity index (χ3n) is 3.14. The minimum atomic E-state index is -0.137. The summed E-state index contributed by atoms with van der Waals surface area (Å²) in [7, 11) is 0. The van der Waals surface area contributed by atoms with E-state index >= 15 is 0 Å². The summed E-state index contributed by atoms with van der Waals surface area (Å²) in [5.41, 5.74) is 1.53. The number of fused-ring (bicyclic) bond motifs is 1. The molecule has 0 saturated carbocycles. The van der Waals surface area contributed by atoms with Crippen LogP contribution in [-0.4, -0.2) is 22.5 Å². The van der Waals surface area contributed by atoms with E-state index in [1.807, 2.05) is 25.1 Å². The van der Waals surface area contributed by atoms with E-state index in [1.54, 1.807) is 16.9 Å². The van der Waals surface area contributed by atoms with E-state index in [0.717, 1.165) is 17.1 Å². The Morgan fingerprint density at radius 2 is 2.20 bits per heavy atom.